The molecule has 1 fully saturated rings. The highest BCUT2D eigenvalue weighted by Gasteiger charge is 2.27. The van der Waals surface area contributed by atoms with Crippen molar-refractivity contribution in [1.29, 1.82) is 0 Å². The van der Waals surface area contributed by atoms with Crippen LogP contribution in [-0.2, 0) is 22.3 Å². The Labute approximate surface area is 122 Å². The molecular formula is C15H24N2O2S. The van der Waals surface area contributed by atoms with E-state index in [0.29, 0.717) is 6.54 Å². The molecule has 0 aliphatic heterocycles. The van der Waals surface area contributed by atoms with E-state index in [1.807, 2.05) is 24.3 Å². The number of hydrogen-bond acceptors (Lipinski definition) is 3. The lowest BCUT2D eigenvalue weighted by atomic mass is 9.96. The first-order valence-corrected chi connectivity index (χ1v) is 8.87. The Hall–Kier alpha value is -0.910. The van der Waals surface area contributed by atoms with Crippen LogP contribution < -0.4 is 5.73 Å². The molecule has 1 aromatic carbocycles. The third kappa shape index (κ3) is 3.81. The molecule has 112 valence electrons. The van der Waals surface area contributed by atoms with Crippen molar-refractivity contribution in [2.45, 2.75) is 50.4 Å². The van der Waals surface area contributed by atoms with E-state index in [-0.39, 0.29) is 11.8 Å². The highest BCUT2D eigenvalue weighted by Crippen LogP contribution is 2.24. The smallest absolute Gasteiger partial charge is 0.218 e. The molecule has 0 unspecified atom stereocenters. The Bertz CT molecular complexity index is 537. The first-order valence-electron chi connectivity index (χ1n) is 7.26. The Morgan fingerprint density at radius 2 is 1.85 bits per heavy atom. The van der Waals surface area contributed by atoms with Gasteiger partial charge in [-0.1, -0.05) is 43.5 Å². The van der Waals surface area contributed by atoms with Crippen molar-refractivity contribution < 1.29 is 8.42 Å². The van der Waals surface area contributed by atoms with E-state index < -0.39 is 10.0 Å². The summed E-state index contributed by atoms with van der Waals surface area (Å²) in [7, 11) is -1.53. The second-order valence-electron chi connectivity index (χ2n) is 5.59. The summed E-state index contributed by atoms with van der Waals surface area (Å²) in [6.07, 6.45) is 5.46. The molecule has 0 atom stereocenters. The normalized spacial score (nSPS) is 17.6. The third-order valence-electron chi connectivity index (χ3n) is 4.10. The molecule has 1 aliphatic rings. The number of nitrogens with zero attached hydrogens (tertiary/aromatic N) is 1. The van der Waals surface area contributed by atoms with Crippen molar-refractivity contribution in [3.05, 3.63) is 35.4 Å². The van der Waals surface area contributed by atoms with E-state index in [0.717, 1.165) is 36.8 Å². The molecule has 1 saturated carbocycles. The molecule has 1 aliphatic carbocycles. The van der Waals surface area contributed by atoms with E-state index >= 15 is 0 Å². The van der Waals surface area contributed by atoms with Gasteiger partial charge in [-0.05, 0) is 24.0 Å². The van der Waals surface area contributed by atoms with Crippen LogP contribution in [0.15, 0.2) is 24.3 Å². The fraction of sp³-hybridized carbons (Fsp3) is 0.600. The largest absolute Gasteiger partial charge is 0.326 e. The molecule has 1 aromatic rings. The molecule has 0 bridgehead atoms. The number of sulfonamides is 1. The van der Waals surface area contributed by atoms with Crippen LogP contribution in [0.1, 0.15) is 43.2 Å². The zero-order valence-corrected chi connectivity index (χ0v) is 12.9. The molecular weight excluding hydrogens is 272 g/mol. The van der Waals surface area contributed by atoms with Gasteiger partial charge in [0.05, 0.1) is 5.75 Å². The van der Waals surface area contributed by atoms with Gasteiger partial charge in [-0.15, -0.1) is 0 Å². The highest BCUT2D eigenvalue weighted by atomic mass is 32.2. The van der Waals surface area contributed by atoms with Crippen LogP contribution in [0.2, 0.25) is 0 Å². The minimum atomic E-state index is -3.25. The van der Waals surface area contributed by atoms with Crippen LogP contribution in [0.5, 0.6) is 0 Å². The van der Waals surface area contributed by atoms with E-state index in [9.17, 15) is 8.42 Å². The minimum absolute atomic E-state index is 0.0633. The van der Waals surface area contributed by atoms with Crippen LogP contribution in [0.4, 0.5) is 0 Å². The lowest BCUT2D eigenvalue weighted by molar-refractivity contribution is 0.285. The summed E-state index contributed by atoms with van der Waals surface area (Å²) < 4.78 is 26.6. The van der Waals surface area contributed by atoms with Gasteiger partial charge in [0.2, 0.25) is 10.0 Å². The fourth-order valence-electron chi connectivity index (χ4n) is 2.83. The van der Waals surface area contributed by atoms with Crippen LogP contribution in [0.25, 0.3) is 0 Å². The second-order valence-corrected chi connectivity index (χ2v) is 7.62. The molecule has 0 amide bonds. The van der Waals surface area contributed by atoms with Gasteiger partial charge >= 0.3 is 0 Å². The maximum absolute atomic E-state index is 12.5. The Morgan fingerprint density at radius 3 is 2.50 bits per heavy atom. The second kappa shape index (κ2) is 6.70. The number of rotatable bonds is 5. The van der Waals surface area contributed by atoms with Gasteiger partial charge in [-0.25, -0.2) is 12.7 Å². The summed E-state index contributed by atoms with van der Waals surface area (Å²) in [6.45, 7) is 0.437. The summed E-state index contributed by atoms with van der Waals surface area (Å²) in [5.41, 5.74) is 7.39. The predicted octanol–water partition coefficient (Wildman–Crippen LogP) is 2.24. The maximum Gasteiger partial charge on any atom is 0.218 e. The molecule has 5 heteroatoms. The van der Waals surface area contributed by atoms with E-state index in [1.54, 1.807) is 11.4 Å². The zero-order valence-electron chi connectivity index (χ0n) is 12.1. The lowest BCUT2D eigenvalue weighted by Gasteiger charge is -2.30. The number of nitrogens with two attached hydrogens (primary N) is 1. The molecule has 20 heavy (non-hydrogen) atoms. The number of hydrogen-bond donors (Lipinski definition) is 1. The Morgan fingerprint density at radius 1 is 1.20 bits per heavy atom. The quantitative estimate of drug-likeness (QED) is 0.906. The van der Waals surface area contributed by atoms with Crippen LogP contribution in [0.3, 0.4) is 0 Å². The average Bonchev–Trinajstić information content (AvgIpc) is 2.47. The van der Waals surface area contributed by atoms with Crippen molar-refractivity contribution in [2.75, 3.05) is 7.05 Å². The van der Waals surface area contributed by atoms with Crippen molar-refractivity contribution in [2.24, 2.45) is 5.73 Å². The molecule has 2 N–H and O–H groups in total. The molecule has 0 saturated heterocycles. The van der Waals surface area contributed by atoms with E-state index in [1.165, 1.54) is 6.42 Å². The van der Waals surface area contributed by atoms with Crippen molar-refractivity contribution in [1.82, 2.24) is 4.31 Å². The van der Waals surface area contributed by atoms with Gasteiger partial charge in [0.25, 0.3) is 0 Å². The number of benzene rings is 1. The lowest BCUT2D eigenvalue weighted by Crippen LogP contribution is -2.38. The molecule has 0 radical (unpaired) electrons. The summed E-state index contributed by atoms with van der Waals surface area (Å²) >= 11 is 0. The van der Waals surface area contributed by atoms with Crippen LogP contribution in [-0.4, -0.2) is 25.8 Å². The van der Waals surface area contributed by atoms with Crippen molar-refractivity contribution >= 4 is 10.0 Å². The predicted molar refractivity (Wildman–Crippen MR) is 81.6 cm³/mol. The summed E-state index contributed by atoms with van der Waals surface area (Å²) in [5, 5.41) is 0. The molecule has 0 heterocycles. The van der Waals surface area contributed by atoms with E-state index in [4.69, 9.17) is 5.73 Å². The summed E-state index contributed by atoms with van der Waals surface area (Å²) in [6, 6.07) is 7.69. The standard InChI is InChI=1S/C15H24N2O2S/c1-17(15-8-3-2-4-9-15)20(18,19)12-14-7-5-6-13(10-14)11-16/h5-7,10,15H,2-4,8-9,11-12,16H2,1H3. The molecule has 0 aromatic heterocycles. The Balaban J connectivity index is 2.09. The first kappa shape index (κ1) is 15.5. The highest BCUT2D eigenvalue weighted by molar-refractivity contribution is 7.88. The zero-order chi connectivity index (χ0) is 14.6. The summed E-state index contributed by atoms with van der Waals surface area (Å²) in [4.78, 5) is 0. The summed E-state index contributed by atoms with van der Waals surface area (Å²) in [5.74, 6) is 0.0633. The third-order valence-corrected chi connectivity index (χ3v) is 5.98. The van der Waals surface area contributed by atoms with E-state index in [2.05, 4.69) is 0 Å². The minimum Gasteiger partial charge on any atom is -0.326 e. The van der Waals surface area contributed by atoms with Crippen molar-refractivity contribution in [3.63, 3.8) is 0 Å². The van der Waals surface area contributed by atoms with Gasteiger partial charge < -0.3 is 5.73 Å². The fourth-order valence-corrected chi connectivity index (χ4v) is 4.30. The van der Waals surface area contributed by atoms with Crippen LogP contribution in [0, 0.1) is 0 Å². The monoisotopic (exact) mass is 296 g/mol. The average molecular weight is 296 g/mol. The topological polar surface area (TPSA) is 63.4 Å². The maximum atomic E-state index is 12.5. The Kier molecular flexibility index (Phi) is 5.18. The molecule has 4 nitrogen and oxygen atoms in total. The van der Waals surface area contributed by atoms with Gasteiger partial charge in [0, 0.05) is 19.6 Å². The van der Waals surface area contributed by atoms with Crippen LogP contribution >= 0.6 is 0 Å². The van der Waals surface area contributed by atoms with Gasteiger partial charge in [-0.3, -0.25) is 0 Å². The van der Waals surface area contributed by atoms with Crippen molar-refractivity contribution in [3.8, 4) is 0 Å². The first-order chi connectivity index (χ1) is 9.53. The molecule has 2 rings (SSSR count). The van der Waals surface area contributed by atoms with Gasteiger partial charge in [0.1, 0.15) is 0 Å². The van der Waals surface area contributed by atoms with Gasteiger partial charge in [0.15, 0.2) is 0 Å². The van der Waals surface area contributed by atoms with Gasteiger partial charge in [-0.2, -0.15) is 0 Å². The molecule has 0 spiro atoms. The SMILES string of the molecule is CN(C1CCCCC1)S(=O)(=O)Cc1cccc(CN)c1.